The Morgan fingerprint density at radius 3 is 2.62 bits per heavy atom. The van der Waals surface area contributed by atoms with E-state index in [-0.39, 0.29) is 18.0 Å². The Morgan fingerprint density at radius 2 is 1.93 bits per heavy atom. The molecule has 0 spiro atoms. The Morgan fingerprint density at radius 1 is 1.21 bits per heavy atom. The molecule has 0 aliphatic heterocycles. The van der Waals surface area contributed by atoms with Crippen LogP contribution in [0.3, 0.4) is 0 Å². The molecule has 2 aromatic carbocycles. The number of carbonyl (C=O) groups excluding carboxylic acids is 1. The molecule has 3 nitrogen and oxygen atoms in total. The van der Waals surface area contributed by atoms with Gasteiger partial charge in [0.15, 0.2) is 0 Å². The molecule has 3 aromatic rings. The lowest BCUT2D eigenvalue weighted by Crippen LogP contribution is -2.09. The maximum absolute atomic E-state index is 13.6. The minimum absolute atomic E-state index is 0.0277. The zero-order valence-electron chi connectivity index (χ0n) is 16.4. The molecule has 1 atom stereocenters. The molecule has 1 N–H and O–H groups in total. The van der Waals surface area contributed by atoms with Gasteiger partial charge in [-0.25, -0.2) is 4.39 Å². The van der Waals surface area contributed by atoms with Crippen molar-refractivity contribution in [3.05, 3.63) is 71.7 Å². The maximum Gasteiger partial charge on any atom is 0.135 e. The number of ketones is 1. The number of carbonyl (C=O) groups is 1. The third-order valence-corrected chi connectivity index (χ3v) is 5.37. The van der Waals surface area contributed by atoms with E-state index >= 15 is 0 Å². The summed E-state index contributed by atoms with van der Waals surface area (Å²) >= 11 is 0. The molecule has 1 aromatic heterocycles. The van der Waals surface area contributed by atoms with E-state index in [4.69, 9.17) is 4.98 Å². The van der Waals surface area contributed by atoms with Crippen molar-refractivity contribution in [2.24, 2.45) is 0 Å². The summed E-state index contributed by atoms with van der Waals surface area (Å²) < 4.78 is 13.6. The first-order valence-corrected chi connectivity index (χ1v) is 10.1. The molecule has 1 unspecified atom stereocenters. The Kier molecular flexibility index (Phi) is 5.54. The summed E-state index contributed by atoms with van der Waals surface area (Å²) in [6, 6.07) is 14.4. The predicted octanol–water partition coefficient (Wildman–Crippen LogP) is 5.66. The molecule has 1 saturated carbocycles. The molecule has 4 rings (SSSR count). The van der Waals surface area contributed by atoms with Gasteiger partial charge in [-0.15, -0.1) is 0 Å². The van der Waals surface area contributed by atoms with Crippen LogP contribution in [-0.2, 0) is 4.79 Å². The topological polar surface area (TPSA) is 50.2 Å². The Bertz CT molecular complexity index is 1070. The van der Waals surface area contributed by atoms with Crippen molar-refractivity contribution >= 4 is 22.8 Å². The zero-order valence-corrected chi connectivity index (χ0v) is 16.4. The summed E-state index contributed by atoms with van der Waals surface area (Å²) in [5.41, 5.74) is 4.76. The monoisotopic (exact) mass is 389 g/mol. The lowest BCUT2D eigenvalue weighted by atomic mass is 9.92. The first kappa shape index (κ1) is 19.5. The van der Waals surface area contributed by atoms with Crippen molar-refractivity contribution in [2.45, 2.75) is 44.6 Å². The van der Waals surface area contributed by atoms with Crippen LogP contribution in [0.25, 0.3) is 28.1 Å². The van der Waals surface area contributed by atoms with Crippen molar-refractivity contribution in [3.8, 4) is 11.1 Å². The zero-order chi connectivity index (χ0) is 20.4. The fraction of sp³-hybridized carbons (Fsp3) is 0.280. The molecular weight excluding hydrogens is 365 g/mol. The van der Waals surface area contributed by atoms with Crippen molar-refractivity contribution in [1.29, 1.82) is 0 Å². The number of para-hydroxylation sites is 1. The molecular formula is C25H24FNO2. The van der Waals surface area contributed by atoms with Gasteiger partial charge in [0, 0.05) is 35.3 Å². The number of aliphatic hydroxyl groups excluding tert-OH is 1. The molecule has 1 heterocycles. The maximum atomic E-state index is 13.6. The van der Waals surface area contributed by atoms with E-state index < -0.39 is 6.10 Å². The summed E-state index contributed by atoms with van der Waals surface area (Å²) in [5.74, 6) is 0.146. The molecule has 4 heteroatoms. The third-order valence-electron chi connectivity index (χ3n) is 5.37. The lowest BCUT2D eigenvalue weighted by molar-refractivity contribution is -0.120. The number of fused-ring (bicyclic) bond motifs is 1. The number of hydrogen-bond donors (Lipinski definition) is 1. The summed E-state index contributed by atoms with van der Waals surface area (Å²) in [6.45, 7) is 1.80. The van der Waals surface area contributed by atoms with E-state index in [1.807, 2.05) is 30.3 Å². The van der Waals surface area contributed by atoms with Crippen LogP contribution < -0.4 is 0 Å². The number of pyridine rings is 1. The summed E-state index contributed by atoms with van der Waals surface area (Å²) in [6.07, 6.45) is 5.44. The van der Waals surface area contributed by atoms with Gasteiger partial charge in [-0.05, 0) is 36.6 Å². The highest BCUT2D eigenvalue weighted by Crippen LogP contribution is 2.45. The van der Waals surface area contributed by atoms with Crippen LogP contribution in [0.1, 0.15) is 49.8 Å². The van der Waals surface area contributed by atoms with E-state index in [2.05, 4.69) is 0 Å². The lowest BCUT2D eigenvalue weighted by Gasteiger charge is -2.16. The van der Waals surface area contributed by atoms with Crippen LogP contribution in [0.2, 0.25) is 0 Å². The second-order valence-electron chi connectivity index (χ2n) is 7.61. The Labute approximate surface area is 169 Å². The van der Waals surface area contributed by atoms with Crippen LogP contribution in [-0.4, -0.2) is 22.0 Å². The smallest absolute Gasteiger partial charge is 0.135 e. The number of benzene rings is 2. The summed E-state index contributed by atoms with van der Waals surface area (Å²) in [7, 11) is 0. The normalized spacial score (nSPS) is 15.1. The van der Waals surface area contributed by atoms with Crippen LogP contribution in [0, 0.1) is 5.82 Å². The number of rotatable bonds is 7. The SMILES string of the molecule is CCC(=O)CC(O)/C=C/c1c(C2CC2)nc2ccccc2c1-c1ccc(F)cc1. The van der Waals surface area contributed by atoms with Gasteiger partial charge in [0.1, 0.15) is 11.6 Å². The minimum atomic E-state index is -0.831. The molecule has 0 amide bonds. The van der Waals surface area contributed by atoms with Gasteiger partial charge in [-0.2, -0.15) is 0 Å². The van der Waals surface area contributed by atoms with E-state index in [0.717, 1.165) is 46.1 Å². The number of aliphatic hydroxyl groups is 1. The van der Waals surface area contributed by atoms with Crippen LogP contribution in [0.4, 0.5) is 4.39 Å². The Hall–Kier alpha value is -2.85. The van der Waals surface area contributed by atoms with E-state index in [1.54, 1.807) is 25.1 Å². The van der Waals surface area contributed by atoms with Gasteiger partial charge in [0.05, 0.1) is 17.3 Å². The van der Waals surface area contributed by atoms with Crippen LogP contribution in [0.5, 0.6) is 0 Å². The number of hydrogen-bond acceptors (Lipinski definition) is 3. The Balaban J connectivity index is 1.88. The molecule has 0 saturated heterocycles. The average Bonchev–Trinajstić information content (AvgIpc) is 3.57. The van der Waals surface area contributed by atoms with Gasteiger partial charge in [0.2, 0.25) is 0 Å². The van der Waals surface area contributed by atoms with Crippen LogP contribution >= 0.6 is 0 Å². The van der Waals surface area contributed by atoms with Crippen LogP contribution in [0.15, 0.2) is 54.6 Å². The highest BCUT2D eigenvalue weighted by molar-refractivity contribution is 5.99. The van der Waals surface area contributed by atoms with Crippen molar-refractivity contribution in [1.82, 2.24) is 4.98 Å². The predicted molar refractivity (Wildman–Crippen MR) is 114 cm³/mol. The third kappa shape index (κ3) is 4.28. The fourth-order valence-electron chi connectivity index (χ4n) is 3.66. The van der Waals surface area contributed by atoms with E-state index in [1.165, 1.54) is 12.1 Å². The van der Waals surface area contributed by atoms with Gasteiger partial charge in [-0.3, -0.25) is 9.78 Å². The van der Waals surface area contributed by atoms with E-state index in [9.17, 15) is 14.3 Å². The average molecular weight is 389 g/mol. The summed E-state index contributed by atoms with van der Waals surface area (Å²) in [4.78, 5) is 16.6. The number of aromatic nitrogens is 1. The largest absolute Gasteiger partial charge is 0.389 e. The molecule has 0 bridgehead atoms. The minimum Gasteiger partial charge on any atom is -0.389 e. The number of halogens is 1. The molecule has 0 radical (unpaired) electrons. The highest BCUT2D eigenvalue weighted by Gasteiger charge is 2.29. The van der Waals surface area contributed by atoms with E-state index in [0.29, 0.717) is 12.3 Å². The first-order chi connectivity index (χ1) is 14.1. The number of nitrogens with zero attached hydrogens (tertiary/aromatic N) is 1. The van der Waals surface area contributed by atoms with Gasteiger partial charge < -0.3 is 5.11 Å². The standard InChI is InChI=1S/C25H24FNO2/c1-2-19(28)15-20(29)13-14-22-24(16-9-11-18(26)12-10-16)21-5-3-4-6-23(21)27-25(22)17-7-8-17/h3-6,9-14,17,20,29H,2,7-8,15H2,1H3/b14-13+. The second-order valence-corrected chi connectivity index (χ2v) is 7.61. The van der Waals surface area contributed by atoms with Gasteiger partial charge >= 0.3 is 0 Å². The second kappa shape index (κ2) is 8.26. The molecule has 148 valence electrons. The molecule has 1 aliphatic rings. The van der Waals surface area contributed by atoms with Crippen molar-refractivity contribution in [2.75, 3.05) is 0 Å². The fourth-order valence-corrected chi connectivity index (χ4v) is 3.66. The molecule has 1 aliphatic carbocycles. The first-order valence-electron chi connectivity index (χ1n) is 10.1. The molecule has 1 fully saturated rings. The van der Waals surface area contributed by atoms with Crippen molar-refractivity contribution in [3.63, 3.8) is 0 Å². The van der Waals surface area contributed by atoms with Gasteiger partial charge in [0.25, 0.3) is 0 Å². The summed E-state index contributed by atoms with van der Waals surface area (Å²) in [5, 5.41) is 11.3. The number of Topliss-reactive ketones (excluding diaryl/α,β-unsaturated/α-hetero) is 1. The quantitative estimate of drug-likeness (QED) is 0.567. The highest BCUT2D eigenvalue weighted by atomic mass is 19.1. The van der Waals surface area contributed by atoms with Crippen molar-refractivity contribution < 1.29 is 14.3 Å². The molecule has 29 heavy (non-hydrogen) atoms. The van der Waals surface area contributed by atoms with Gasteiger partial charge in [-0.1, -0.05) is 49.4 Å².